The van der Waals surface area contributed by atoms with E-state index in [9.17, 15) is 4.79 Å². The van der Waals surface area contributed by atoms with Gasteiger partial charge in [-0.2, -0.15) is 0 Å². The lowest BCUT2D eigenvalue weighted by Gasteiger charge is -2.30. The van der Waals surface area contributed by atoms with Crippen LogP contribution >= 0.6 is 0 Å². The van der Waals surface area contributed by atoms with Crippen LogP contribution in [0.25, 0.3) is 5.65 Å². The van der Waals surface area contributed by atoms with Gasteiger partial charge in [-0.05, 0) is 44.6 Å². The molecule has 6 nitrogen and oxygen atoms in total. The molecule has 1 fully saturated rings. The largest absolute Gasteiger partial charge is 0.465 e. The van der Waals surface area contributed by atoms with Gasteiger partial charge in [-0.3, -0.25) is 4.40 Å². The van der Waals surface area contributed by atoms with Crippen LogP contribution in [-0.2, 0) is 4.74 Å². The van der Waals surface area contributed by atoms with Crippen molar-refractivity contribution in [2.75, 3.05) is 26.7 Å². The minimum Gasteiger partial charge on any atom is -0.465 e. The second-order valence-corrected chi connectivity index (χ2v) is 5.40. The Kier molecular flexibility index (Phi) is 3.88. The first-order chi connectivity index (χ1) is 10.2. The molecule has 0 unspecified atom stereocenters. The normalized spacial score (nSPS) is 17.2. The van der Waals surface area contributed by atoms with Gasteiger partial charge in [0.25, 0.3) is 0 Å². The number of nitrogens with zero attached hydrogens (tertiary/aromatic N) is 4. The van der Waals surface area contributed by atoms with E-state index < -0.39 is 0 Å². The molecular formula is C15H20N4O2. The molecule has 0 atom stereocenters. The Morgan fingerprint density at radius 2 is 2.14 bits per heavy atom. The van der Waals surface area contributed by atoms with E-state index >= 15 is 0 Å². The SMILES string of the molecule is CCN1CCC(c2nnc3cc(C(=O)OC)ccn23)CC1. The average molecular weight is 288 g/mol. The Bertz CT molecular complexity index is 644. The molecule has 0 spiro atoms. The van der Waals surface area contributed by atoms with E-state index in [1.165, 1.54) is 7.11 Å². The van der Waals surface area contributed by atoms with Gasteiger partial charge in [0.05, 0.1) is 12.7 Å². The molecule has 2 aromatic rings. The Hall–Kier alpha value is -1.95. The zero-order valence-electron chi connectivity index (χ0n) is 12.5. The van der Waals surface area contributed by atoms with Gasteiger partial charge < -0.3 is 9.64 Å². The predicted octanol–water partition coefficient (Wildman–Crippen LogP) is 1.72. The first kappa shape index (κ1) is 14.0. The molecule has 6 heteroatoms. The average Bonchev–Trinajstić information content (AvgIpc) is 2.97. The summed E-state index contributed by atoms with van der Waals surface area (Å²) in [5.74, 6) is 1.09. The number of carbonyl (C=O) groups excluding carboxylic acids is 1. The summed E-state index contributed by atoms with van der Waals surface area (Å²) < 4.78 is 6.72. The third-order valence-corrected chi connectivity index (χ3v) is 4.26. The standard InChI is InChI=1S/C15H20N4O2/c1-3-18-7-4-11(5-8-18)14-17-16-13-10-12(15(20)21-2)6-9-19(13)14/h6,9-11H,3-5,7-8H2,1-2H3. The summed E-state index contributed by atoms with van der Waals surface area (Å²) in [6, 6.07) is 3.48. The van der Waals surface area contributed by atoms with Crippen LogP contribution in [0, 0.1) is 0 Å². The lowest BCUT2D eigenvalue weighted by Crippen LogP contribution is -2.33. The van der Waals surface area contributed by atoms with Crippen LogP contribution in [0.4, 0.5) is 0 Å². The van der Waals surface area contributed by atoms with Gasteiger partial charge in [-0.25, -0.2) is 4.79 Å². The van der Waals surface area contributed by atoms with E-state index in [0.717, 1.165) is 38.3 Å². The fraction of sp³-hybridized carbons (Fsp3) is 0.533. The topological polar surface area (TPSA) is 59.7 Å². The van der Waals surface area contributed by atoms with Crippen molar-refractivity contribution in [3.8, 4) is 0 Å². The maximum atomic E-state index is 11.5. The molecule has 0 N–H and O–H groups in total. The number of carbonyl (C=O) groups is 1. The number of likely N-dealkylation sites (tertiary alicyclic amines) is 1. The molecule has 0 aromatic carbocycles. The lowest BCUT2D eigenvalue weighted by atomic mass is 9.96. The van der Waals surface area contributed by atoms with Crippen molar-refractivity contribution >= 4 is 11.6 Å². The van der Waals surface area contributed by atoms with Crippen molar-refractivity contribution in [2.24, 2.45) is 0 Å². The highest BCUT2D eigenvalue weighted by Gasteiger charge is 2.24. The molecule has 1 aliphatic heterocycles. The number of ether oxygens (including phenoxy) is 1. The minimum absolute atomic E-state index is 0.349. The summed E-state index contributed by atoms with van der Waals surface area (Å²) in [6.45, 7) is 5.52. The second-order valence-electron chi connectivity index (χ2n) is 5.40. The van der Waals surface area contributed by atoms with Crippen LogP contribution in [-0.4, -0.2) is 52.2 Å². The van der Waals surface area contributed by atoms with Crippen LogP contribution in [0.2, 0.25) is 0 Å². The molecule has 0 radical (unpaired) electrons. The van der Waals surface area contributed by atoms with Crippen molar-refractivity contribution in [1.29, 1.82) is 0 Å². The predicted molar refractivity (Wildman–Crippen MR) is 78.4 cm³/mol. The number of hydrogen-bond acceptors (Lipinski definition) is 5. The van der Waals surface area contributed by atoms with Crippen molar-refractivity contribution < 1.29 is 9.53 Å². The third-order valence-electron chi connectivity index (χ3n) is 4.26. The monoisotopic (exact) mass is 288 g/mol. The molecule has 21 heavy (non-hydrogen) atoms. The summed E-state index contributed by atoms with van der Waals surface area (Å²) in [6.07, 6.45) is 4.07. The number of fused-ring (bicyclic) bond motifs is 1. The molecule has 3 heterocycles. The molecular weight excluding hydrogens is 268 g/mol. The Balaban J connectivity index is 1.86. The second kappa shape index (κ2) is 5.81. The molecule has 3 rings (SSSR count). The highest BCUT2D eigenvalue weighted by Crippen LogP contribution is 2.27. The van der Waals surface area contributed by atoms with Gasteiger partial charge in [0.15, 0.2) is 5.65 Å². The summed E-state index contributed by atoms with van der Waals surface area (Å²) in [5, 5.41) is 8.54. The van der Waals surface area contributed by atoms with Crippen LogP contribution < -0.4 is 0 Å². The Morgan fingerprint density at radius 3 is 2.81 bits per heavy atom. The number of rotatable bonds is 3. The number of methoxy groups -OCH3 is 1. The van der Waals surface area contributed by atoms with Gasteiger partial charge in [0, 0.05) is 12.1 Å². The van der Waals surface area contributed by atoms with Crippen molar-refractivity contribution in [2.45, 2.75) is 25.7 Å². The molecule has 112 valence electrons. The highest BCUT2D eigenvalue weighted by atomic mass is 16.5. The molecule has 2 aromatic heterocycles. The van der Waals surface area contributed by atoms with E-state index in [1.807, 2.05) is 10.6 Å². The fourth-order valence-electron chi connectivity index (χ4n) is 2.94. The van der Waals surface area contributed by atoms with Crippen molar-refractivity contribution in [1.82, 2.24) is 19.5 Å². The molecule has 1 aliphatic rings. The summed E-state index contributed by atoms with van der Waals surface area (Å²) in [7, 11) is 1.38. The molecule has 0 aliphatic carbocycles. The summed E-state index contributed by atoms with van der Waals surface area (Å²) in [4.78, 5) is 14.0. The first-order valence-electron chi connectivity index (χ1n) is 7.38. The zero-order chi connectivity index (χ0) is 14.8. The maximum Gasteiger partial charge on any atom is 0.338 e. The number of aromatic nitrogens is 3. The number of esters is 1. The lowest BCUT2D eigenvalue weighted by molar-refractivity contribution is 0.0600. The highest BCUT2D eigenvalue weighted by molar-refractivity contribution is 5.90. The van der Waals surface area contributed by atoms with Crippen LogP contribution in [0.5, 0.6) is 0 Å². The van der Waals surface area contributed by atoms with E-state index in [-0.39, 0.29) is 5.97 Å². The van der Waals surface area contributed by atoms with Crippen LogP contribution in [0.15, 0.2) is 18.3 Å². The van der Waals surface area contributed by atoms with Crippen LogP contribution in [0.1, 0.15) is 41.9 Å². The van der Waals surface area contributed by atoms with Gasteiger partial charge in [0.1, 0.15) is 5.82 Å². The fourth-order valence-corrected chi connectivity index (χ4v) is 2.94. The van der Waals surface area contributed by atoms with E-state index in [2.05, 4.69) is 22.0 Å². The van der Waals surface area contributed by atoms with Crippen molar-refractivity contribution in [3.63, 3.8) is 0 Å². The van der Waals surface area contributed by atoms with Gasteiger partial charge >= 0.3 is 5.97 Å². The number of piperidine rings is 1. The zero-order valence-corrected chi connectivity index (χ0v) is 12.5. The summed E-state index contributed by atoms with van der Waals surface area (Å²) >= 11 is 0. The van der Waals surface area contributed by atoms with E-state index in [4.69, 9.17) is 4.74 Å². The maximum absolute atomic E-state index is 11.5. The van der Waals surface area contributed by atoms with Crippen LogP contribution in [0.3, 0.4) is 0 Å². The Morgan fingerprint density at radius 1 is 1.38 bits per heavy atom. The third kappa shape index (κ3) is 2.63. The smallest absolute Gasteiger partial charge is 0.338 e. The van der Waals surface area contributed by atoms with Gasteiger partial charge in [0.2, 0.25) is 0 Å². The van der Waals surface area contributed by atoms with Gasteiger partial charge in [-0.1, -0.05) is 6.92 Å². The first-order valence-corrected chi connectivity index (χ1v) is 7.38. The molecule has 0 bridgehead atoms. The van der Waals surface area contributed by atoms with Gasteiger partial charge in [-0.15, -0.1) is 10.2 Å². The number of hydrogen-bond donors (Lipinski definition) is 0. The quantitative estimate of drug-likeness (QED) is 0.805. The number of pyridine rings is 1. The molecule has 0 amide bonds. The molecule has 1 saturated heterocycles. The summed E-state index contributed by atoms with van der Waals surface area (Å²) in [5.41, 5.74) is 1.20. The van der Waals surface area contributed by atoms with Crippen molar-refractivity contribution in [3.05, 3.63) is 29.7 Å². The van der Waals surface area contributed by atoms with E-state index in [1.54, 1.807) is 12.1 Å². The Labute approximate surface area is 123 Å². The minimum atomic E-state index is -0.349. The molecule has 0 saturated carbocycles. The van der Waals surface area contributed by atoms with E-state index in [0.29, 0.717) is 17.1 Å².